The van der Waals surface area contributed by atoms with E-state index in [0.29, 0.717) is 18.2 Å². The van der Waals surface area contributed by atoms with E-state index in [1.165, 1.54) is 25.7 Å². The predicted molar refractivity (Wildman–Crippen MR) is 93.4 cm³/mol. The molecule has 1 amide bonds. The van der Waals surface area contributed by atoms with Gasteiger partial charge in [0.15, 0.2) is 0 Å². The highest BCUT2D eigenvalue weighted by molar-refractivity contribution is 9.10. The molecular formula is C16H23BrClN3O. The molecule has 1 aromatic heterocycles. The highest BCUT2D eigenvalue weighted by Crippen LogP contribution is 2.19. The van der Waals surface area contributed by atoms with Crippen molar-refractivity contribution in [3.05, 3.63) is 27.5 Å². The number of hydrogen-bond acceptors (Lipinski definition) is 3. The molecule has 1 aromatic rings. The number of pyridine rings is 1. The molecule has 1 aliphatic rings. The second-order valence-corrected chi connectivity index (χ2v) is 7.01. The first-order chi connectivity index (χ1) is 10.6. The van der Waals surface area contributed by atoms with E-state index in [1.807, 2.05) is 0 Å². The Hall–Kier alpha value is -0.650. The Morgan fingerprint density at radius 1 is 1.55 bits per heavy atom. The zero-order valence-corrected chi connectivity index (χ0v) is 15.3. The molecule has 1 aliphatic heterocycles. The van der Waals surface area contributed by atoms with Crippen molar-refractivity contribution < 1.29 is 4.79 Å². The molecule has 22 heavy (non-hydrogen) atoms. The van der Waals surface area contributed by atoms with Gasteiger partial charge in [-0.3, -0.25) is 9.69 Å². The zero-order valence-electron chi connectivity index (χ0n) is 12.9. The SMILES string of the molecule is CCCCN1CCCCC1CNC(=O)c1cc(Br)cnc1Cl. The van der Waals surface area contributed by atoms with Crippen LogP contribution in [0.3, 0.4) is 0 Å². The maximum Gasteiger partial charge on any atom is 0.254 e. The molecule has 0 saturated carbocycles. The summed E-state index contributed by atoms with van der Waals surface area (Å²) in [6, 6.07) is 2.14. The number of nitrogens with zero attached hydrogens (tertiary/aromatic N) is 2. The number of amides is 1. The van der Waals surface area contributed by atoms with Gasteiger partial charge in [0.1, 0.15) is 5.15 Å². The molecule has 1 saturated heterocycles. The van der Waals surface area contributed by atoms with Crippen LogP contribution in [0.5, 0.6) is 0 Å². The lowest BCUT2D eigenvalue weighted by Gasteiger charge is -2.35. The summed E-state index contributed by atoms with van der Waals surface area (Å²) < 4.78 is 0.754. The van der Waals surface area contributed by atoms with Crippen molar-refractivity contribution >= 4 is 33.4 Å². The van der Waals surface area contributed by atoms with Crippen molar-refractivity contribution in [2.24, 2.45) is 0 Å². The maximum atomic E-state index is 12.3. The lowest BCUT2D eigenvalue weighted by Crippen LogP contribution is -2.47. The minimum Gasteiger partial charge on any atom is -0.350 e. The van der Waals surface area contributed by atoms with E-state index in [4.69, 9.17) is 11.6 Å². The monoisotopic (exact) mass is 387 g/mol. The van der Waals surface area contributed by atoms with Gasteiger partial charge in [0.05, 0.1) is 5.56 Å². The van der Waals surface area contributed by atoms with E-state index < -0.39 is 0 Å². The van der Waals surface area contributed by atoms with Crippen LogP contribution >= 0.6 is 27.5 Å². The molecule has 2 rings (SSSR count). The number of halogens is 2. The fraction of sp³-hybridized carbons (Fsp3) is 0.625. The van der Waals surface area contributed by atoms with Gasteiger partial charge in [-0.05, 0) is 54.3 Å². The number of unbranched alkanes of at least 4 members (excludes halogenated alkanes) is 1. The fourth-order valence-corrected chi connectivity index (χ4v) is 3.35. The number of aromatic nitrogens is 1. The van der Waals surface area contributed by atoms with Crippen molar-refractivity contribution in [3.63, 3.8) is 0 Å². The second kappa shape index (κ2) is 8.85. The van der Waals surface area contributed by atoms with Crippen LogP contribution in [0.2, 0.25) is 5.15 Å². The van der Waals surface area contributed by atoms with Gasteiger partial charge >= 0.3 is 0 Å². The minimum absolute atomic E-state index is 0.153. The molecule has 122 valence electrons. The van der Waals surface area contributed by atoms with E-state index in [0.717, 1.165) is 24.0 Å². The van der Waals surface area contributed by atoms with Gasteiger partial charge in [-0.1, -0.05) is 31.4 Å². The lowest BCUT2D eigenvalue weighted by molar-refractivity contribution is 0.0912. The smallest absolute Gasteiger partial charge is 0.254 e. The molecule has 1 unspecified atom stereocenters. The summed E-state index contributed by atoms with van der Waals surface area (Å²) in [4.78, 5) is 18.8. The second-order valence-electron chi connectivity index (χ2n) is 5.74. The van der Waals surface area contributed by atoms with Crippen molar-refractivity contribution in [2.75, 3.05) is 19.6 Å². The van der Waals surface area contributed by atoms with Gasteiger partial charge in [0.25, 0.3) is 5.91 Å². The number of likely N-dealkylation sites (tertiary alicyclic amines) is 1. The van der Waals surface area contributed by atoms with Crippen LogP contribution < -0.4 is 5.32 Å². The third-order valence-electron chi connectivity index (χ3n) is 4.10. The topological polar surface area (TPSA) is 45.2 Å². The Morgan fingerprint density at radius 3 is 3.14 bits per heavy atom. The molecule has 0 radical (unpaired) electrons. The maximum absolute atomic E-state index is 12.3. The number of piperidine rings is 1. The summed E-state index contributed by atoms with van der Waals surface area (Å²) in [5.41, 5.74) is 0.423. The van der Waals surface area contributed by atoms with Crippen molar-refractivity contribution in [2.45, 2.75) is 45.1 Å². The third-order valence-corrected chi connectivity index (χ3v) is 4.83. The Kier molecular flexibility index (Phi) is 7.12. The Labute approximate surface area is 145 Å². The molecule has 6 heteroatoms. The summed E-state index contributed by atoms with van der Waals surface area (Å²) >= 11 is 9.33. The van der Waals surface area contributed by atoms with E-state index in [1.54, 1.807) is 12.3 Å². The predicted octanol–water partition coefficient (Wildman–Crippen LogP) is 3.88. The lowest BCUT2D eigenvalue weighted by atomic mass is 10.0. The van der Waals surface area contributed by atoms with Crippen molar-refractivity contribution in [1.29, 1.82) is 0 Å². The molecule has 0 aromatic carbocycles. The molecule has 2 heterocycles. The molecular weight excluding hydrogens is 366 g/mol. The van der Waals surface area contributed by atoms with Crippen LogP contribution in [0.25, 0.3) is 0 Å². The Bertz CT molecular complexity index is 512. The number of carbonyl (C=O) groups is 1. The van der Waals surface area contributed by atoms with E-state index in [-0.39, 0.29) is 11.1 Å². The molecule has 1 atom stereocenters. The summed E-state index contributed by atoms with van der Waals surface area (Å²) in [7, 11) is 0. The fourth-order valence-electron chi connectivity index (χ4n) is 2.83. The molecule has 4 nitrogen and oxygen atoms in total. The quantitative estimate of drug-likeness (QED) is 0.752. The highest BCUT2D eigenvalue weighted by Gasteiger charge is 2.23. The Balaban J connectivity index is 1.92. The van der Waals surface area contributed by atoms with Crippen LogP contribution in [0.1, 0.15) is 49.4 Å². The number of rotatable bonds is 6. The van der Waals surface area contributed by atoms with Gasteiger partial charge in [0.2, 0.25) is 0 Å². The van der Waals surface area contributed by atoms with Crippen LogP contribution in [-0.4, -0.2) is 41.5 Å². The third kappa shape index (κ3) is 4.93. The molecule has 1 fully saturated rings. The summed E-state index contributed by atoms with van der Waals surface area (Å²) in [6.07, 6.45) is 7.65. The van der Waals surface area contributed by atoms with E-state index in [9.17, 15) is 4.79 Å². The summed E-state index contributed by atoms with van der Waals surface area (Å²) in [5, 5.41) is 3.26. The van der Waals surface area contributed by atoms with E-state index in [2.05, 4.69) is 38.1 Å². The van der Waals surface area contributed by atoms with E-state index >= 15 is 0 Å². The zero-order chi connectivity index (χ0) is 15.9. The first kappa shape index (κ1) is 17.7. The summed E-state index contributed by atoms with van der Waals surface area (Å²) in [5.74, 6) is -0.153. The first-order valence-electron chi connectivity index (χ1n) is 7.95. The Morgan fingerprint density at radius 2 is 2.36 bits per heavy atom. The van der Waals surface area contributed by atoms with Crippen LogP contribution in [0.4, 0.5) is 0 Å². The number of carbonyl (C=O) groups excluding carboxylic acids is 1. The first-order valence-corrected chi connectivity index (χ1v) is 9.12. The van der Waals surface area contributed by atoms with Gasteiger partial charge in [-0.2, -0.15) is 0 Å². The molecule has 1 N–H and O–H groups in total. The minimum atomic E-state index is -0.153. The molecule has 0 bridgehead atoms. The van der Waals surface area contributed by atoms with Crippen LogP contribution in [-0.2, 0) is 0 Å². The molecule has 0 aliphatic carbocycles. The van der Waals surface area contributed by atoms with Gasteiger partial charge in [0, 0.05) is 23.3 Å². The number of hydrogen-bond donors (Lipinski definition) is 1. The van der Waals surface area contributed by atoms with Crippen molar-refractivity contribution in [1.82, 2.24) is 15.2 Å². The van der Waals surface area contributed by atoms with Gasteiger partial charge < -0.3 is 5.32 Å². The number of nitrogens with one attached hydrogen (secondary N) is 1. The highest BCUT2D eigenvalue weighted by atomic mass is 79.9. The molecule has 0 spiro atoms. The van der Waals surface area contributed by atoms with Crippen LogP contribution in [0, 0.1) is 0 Å². The average Bonchev–Trinajstić information content (AvgIpc) is 2.53. The standard InChI is InChI=1S/C16H23BrClN3O/c1-2-3-7-21-8-5-4-6-13(21)11-20-16(22)14-9-12(17)10-19-15(14)18/h9-10,13H,2-8,11H2,1H3,(H,20,22). The van der Waals surface area contributed by atoms with Crippen molar-refractivity contribution in [3.8, 4) is 0 Å². The summed E-state index contributed by atoms with van der Waals surface area (Å²) in [6.45, 7) is 5.14. The normalized spacial score (nSPS) is 19.1. The van der Waals surface area contributed by atoms with Gasteiger partial charge in [-0.15, -0.1) is 0 Å². The van der Waals surface area contributed by atoms with Gasteiger partial charge in [-0.25, -0.2) is 4.98 Å². The largest absolute Gasteiger partial charge is 0.350 e. The average molecular weight is 389 g/mol. The van der Waals surface area contributed by atoms with Crippen LogP contribution in [0.15, 0.2) is 16.7 Å².